The van der Waals surface area contributed by atoms with Gasteiger partial charge in [-0.15, -0.1) is 0 Å². The number of benzene rings is 1. The van der Waals surface area contributed by atoms with Gasteiger partial charge in [0.15, 0.2) is 0 Å². The lowest BCUT2D eigenvalue weighted by Crippen LogP contribution is -2.33. The summed E-state index contributed by atoms with van der Waals surface area (Å²) in [5.74, 6) is 0.693. The summed E-state index contributed by atoms with van der Waals surface area (Å²) in [5.41, 5.74) is 0.486. The first-order valence-corrected chi connectivity index (χ1v) is 10.1. The smallest absolute Gasteiger partial charge is 0.337 e. The van der Waals surface area contributed by atoms with Gasteiger partial charge in [-0.2, -0.15) is 13.2 Å². The van der Waals surface area contributed by atoms with Crippen molar-refractivity contribution in [2.45, 2.75) is 25.7 Å². The molecule has 3 heterocycles. The maximum atomic E-state index is 13.3. The average Bonchev–Trinajstić information content (AvgIpc) is 3.15. The number of hydrogen-bond donors (Lipinski definition) is 0. The van der Waals surface area contributed by atoms with Gasteiger partial charge >= 0.3 is 6.18 Å². The van der Waals surface area contributed by atoms with E-state index in [1.807, 2.05) is 41.1 Å². The maximum Gasteiger partial charge on any atom is 0.416 e. The number of aromatic nitrogens is 2. The second kappa shape index (κ2) is 8.93. The summed E-state index contributed by atoms with van der Waals surface area (Å²) in [7, 11) is 0. The maximum absolute atomic E-state index is 13.3. The largest absolute Gasteiger partial charge is 0.416 e. The van der Waals surface area contributed by atoms with E-state index in [4.69, 9.17) is 0 Å². The lowest BCUT2D eigenvalue weighted by molar-refractivity contribution is -0.139. The second-order valence-electron chi connectivity index (χ2n) is 7.55. The molecular weight excluding hydrogens is 405 g/mol. The quantitative estimate of drug-likeness (QED) is 0.614. The van der Waals surface area contributed by atoms with Crippen LogP contribution in [0.15, 0.2) is 67.0 Å². The highest BCUT2D eigenvalue weighted by Gasteiger charge is 2.34. The Labute approximate surface area is 178 Å². The molecule has 1 amide bonds. The lowest BCUT2D eigenvalue weighted by atomic mass is 10.1. The summed E-state index contributed by atoms with van der Waals surface area (Å²) >= 11 is 0. The Morgan fingerprint density at radius 3 is 2.48 bits per heavy atom. The highest BCUT2D eigenvalue weighted by atomic mass is 19.4. The van der Waals surface area contributed by atoms with Crippen LogP contribution in [0.5, 0.6) is 0 Å². The summed E-state index contributed by atoms with van der Waals surface area (Å²) in [6.45, 7) is 2.13. The van der Waals surface area contributed by atoms with E-state index < -0.39 is 11.7 Å². The summed E-state index contributed by atoms with van der Waals surface area (Å²) in [6.07, 6.45) is -0.478. The molecule has 0 aliphatic carbocycles. The van der Waals surface area contributed by atoms with Gasteiger partial charge in [-0.1, -0.05) is 24.3 Å². The van der Waals surface area contributed by atoms with Gasteiger partial charge in [0.2, 0.25) is 5.91 Å². The van der Waals surface area contributed by atoms with E-state index in [-0.39, 0.29) is 24.4 Å². The van der Waals surface area contributed by atoms with E-state index in [0.29, 0.717) is 26.2 Å². The average molecular weight is 428 g/mol. The third kappa shape index (κ3) is 4.96. The van der Waals surface area contributed by atoms with E-state index in [9.17, 15) is 18.0 Å². The number of carbonyl (C=O) groups excluding carboxylic acids is 1. The molecule has 0 unspecified atom stereocenters. The second-order valence-corrected chi connectivity index (χ2v) is 7.55. The van der Waals surface area contributed by atoms with E-state index in [0.717, 1.165) is 17.6 Å². The van der Waals surface area contributed by atoms with Gasteiger partial charge in [0.05, 0.1) is 5.56 Å². The number of halogens is 3. The van der Waals surface area contributed by atoms with Crippen LogP contribution in [0.4, 0.5) is 13.2 Å². The normalized spacial score (nSPS) is 15.8. The first kappa shape index (κ1) is 21.1. The van der Waals surface area contributed by atoms with Crippen LogP contribution in [0.1, 0.15) is 23.2 Å². The highest BCUT2D eigenvalue weighted by Crippen LogP contribution is 2.32. The van der Waals surface area contributed by atoms with Crippen molar-refractivity contribution in [2.24, 2.45) is 0 Å². The van der Waals surface area contributed by atoms with Crippen molar-refractivity contribution in [3.8, 4) is 5.82 Å². The SMILES string of the molecule is O=C1CCN(Cc2cccn2-c2ccccn2)CCN1Cc1ccccc1C(F)(F)F. The van der Waals surface area contributed by atoms with Crippen LogP contribution in [-0.2, 0) is 24.1 Å². The Hall–Kier alpha value is -3.13. The minimum atomic E-state index is -4.44. The standard InChI is InChI=1S/C23H23F3N4O/c24-23(25,26)20-8-2-1-6-18(20)16-29-15-14-28(13-10-22(29)31)17-19-7-5-12-30(19)21-9-3-4-11-27-21/h1-9,11-12H,10,13-17H2. The Morgan fingerprint density at radius 2 is 1.71 bits per heavy atom. The Bertz CT molecular complexity index is 1030. The first-order valence-electron chi connectivity index (χ1n) is 10.1. The van der Waals surface area contributed by atoms with Gasteiger partial charge in [-0.3, -0.25) is 9.69 Å². The van der Waals surface area contributed by atoms with Gasteiger partial charge in [-0.25, -0.2) is 4.98 Å². The molecule has 0 bridgehead atoms. The zero-order valence-corrected chi connectivity index (χ0v) is 16.9. The molecule has 31 heavy (non-hydrogen) atoms. The molecule has 1 aliphatic heterocycles. The third-order valence-corrected chi connectivity index (χ3v) is 5.48. The number of rotatable bonds is 5. The van der Waals surface area contributed by atoms with Crippen LogP contribution >= 0.6 is 0 Å². The zero-order chi connectivity index (χ0) is 21.8. The Kier molecular flexibility index (Phi) is 6.08. The van der Waals surface area contributed by atoms with Crippen LogP contribution in [-0.4, -0.2) is 44.9 Å². The summed E-state index contributed by atoms with van der Waals surface area (Å²) < 4.78 is 41.9. The molecule has 0 saturated carbocycles. The van der Waals surface area contributed by atoms with Crippen LogP contribution in [0.25, 0.3) is 5.82 Å². The monoisotopic (exact) mass is 428 g/mol. The summed E-state index contributed by atoms with van der Waals surface area (Å²) in [5, 5.41) is 0. The number of nitrogens with zero attached hydrogens (tertiary/aromatic N) is 4. The number of carbonyl (C=O) groups is 1. The van der Waals surface area contributed by atoms with Crippen LogP contribution in [0.3, 0.4) is 0 Å². The molecule has 1 saturated heterocycles. The molecule has 5 nitrogen and oxygen atoms in total. The van der Waals surface area contributed by atoms with Crippen LogP contribution in [0, 0.1) is 0 Å². The van der Waals surface area contributed by atoms with E-state index in [1.54, 1.807) is 12.3 Å². The predicted octanol–water partition coefficient (Wildman–Crippen LogP) is 4.13. The molecule has 8 heteroatoms. The van der Waals surface area contributed by atoms with Crippen molar-refractivity contribution < 1.29 is 18.0 Å². The highest BCUT2D eigenvalue weighted by molar-refractivity contribution is 5.76. The molecule has 1 fully saturated rings. The van der Waals surface area contributed by atoms with Crippen molar-refractivity contribution in [1.82, 2.24) is 19.4 Å². The number of pyridine rings is 1. The lowest BCUT2D eigenvalue weighted by Gasteiger charge is -2.24. The molecule has 0 radical (unpaired) electrons. The summed E-state index contributed by atoms with van der Waals surface area (Å²) in [4.78, 5) is 20.7. The van der Waals surface area contributed by atoms with Crippen molar-refractivity contribution in [2.75, 3.05) is 19.6 Å². The van der Waals surface area contributed by atoms with Crippen molar-refractivity contribution in [3.05, 3.63) is 83.8 Å². The Balaban J connectivity index is 1.45. The van der Waals surface area contributed by atoms with Gasteiger partial charge in [0.25, 0.3) is 0 Å². The minimum absolute atomic E-state index is 0.0351. The molecule has 1 aromatic carbocycles. The molecule has 162 valence electrons. The van der Waals surface area contributed by atoms with E-state index in [2.05, 4.69) is 9.88 Å². The minimum Gasteiger partial charge on any atom is -0.337 e. The molecule has 1 aliphatic rings. The first-order chi connectivity index (χ1) is 14.9. The number of hydrogen-bond acceptors (Lipinski definition) is 3. The Morgan fingerprint density at radius 1 is 0.903 bits per heavy atom. The van der Waals surface area contributed by atoms with E-state index in [1.165, 1.54) is 17.0 Å². The fourth-order valence-corrected chi connectivity index (χ4v) is 3.87. The van der Waals surface area contributed by atoms with Crippen molar-refractivity contribution in [3.63, 3.8) is 0 Å². The molecular formula is C23H23F3N4O. The molecule has 3 aromatic rings. The molecule has 4 rings (SSSR count). The third-order valence-electron chi connectivity index (χ3n) is 5.48. The topological polar surface area (TPSA) is 41.4 Å². The van der Waals surface area contributed by atoms with Gasteiger partial charge in [-0.05, 0) is 35.9 Å². The molecule has 0 N–H and O–H groups in total. The molecule has 2 aromatic heterocycles. The van der Waals surface area contributed by atoms with Crippen molar-refractivity contribution >= 4 is 5.91 Å². The van der Waals surface area contributed by atoms with Crippen LogP contribution < -0.4 is 0 Å². The molecule has 0 spiro atoms. The molecule has 0 atom stereocenters. The van der Waals surface area contributed by atoms with Gasteiger partial charge < -0.3 is 9.47 Å². The predicted molar refractivity (Wildman–Crippen MR) is 110 cm³/mol. The number of amides is 1. The van der Waals surface area contributed by atoms with Crippen LogP contribution in [0.2, 0.25) is 0 Å². The summed E-state index contributed by atoms with van der Waals surface area (Å²) in [6, 6.07) is 15.1. The van der Waals surface area contributed by atoms with Gasteiger partial charge in [0, 0.05) is 57.2 Å². The fraction of sp³-hybridized carbons (Fsp3) is 0.304. The number of alkyl halides is 3. The fourth-order valence-electron chi connectivity index (χ4n) is 3.87. The zero-order valence-electron chi connectivity index (χ0n) is 16.9. The van der Waals surface area contributed by atoms with Crippen molar-refractivity contribution in [1.29, 1.82) is 0 Å². The van der Waals surface area contributed by atoms with Gasteiger partial charge in [0.1, 0.15) is 5.82 Å². The van der Waals surface area contributed by atoms with E-state index >= 15 is 0 Å².